The van der Waals surface area contributed by atoms with E-state index in [9.17, 15) is 14.4 Å². The quantitative estimate of drug-likeness (QED) is 0.367. The van der Waals surface area contributed by atoms with Gasteiger partial charge in [-0.25, -0.2) is 14.3 Å². The van der Waals surface area contributed by atoms with E-state index >= 15 is 0 Å². The Labute approximate surface area is 237 Å². The van der Waals surface area contributed by atoms with Crippen LogP contribution in [-0.4, -0.2) is 62.4 Å². The summed E-state index contributed by atoms with van der Waals surface area (Å²) in [4.78, 5) is 37.9. The molecular weight excluding hydrogens is 534 g/mol. The van der Waals surface area contributed by atoms with Gasteiger partial charge in [-0.1, -0.05) is 17.3 Å². The van der Waals surface area contributed by atoms with Crippen molar-refractivity contribution >= 4 is 39.4 Å². The number of amides is 2. The molecule has 1 aromatic carbocycles. The summed E-state index contributed by atoms with van der Waals surface area (Å²) in [5.74, 6) is -0.0889. The second kappa shape index (κ2) is 11.9. The number of alkyl carbamates (subject to hydrolysis) is 2. The summed E-state index contributed by atoms with van der Waals surface area (Å²) in [5.41, 5.74) is -0.0761. The molecule has 1 aliphatic rings. The van der Waals surface area contributed by atoms with Gasteiger partial charge in [-0.05, 0) is 77.3 Å². The fraction of sp³-hybridized carbons (Fsp3) is 0.536. The van der Waals surface area contributed by atoms with E-state index in [1.807, 2.05) is 29.6 Å². The van der Waals surface area contributed by atoms with Crippen LogP contribution in [0.3, 0.4) is 0 Å². The Balaban J connectivity index is 1.40. The number of rotatable bonds is 8. The fourth-order valence-corrected chi connectivity index (χ4v) is 5.29. The number of benzene rings is 1. The summed E-state index contributed by atoms with van der Waals surface area (Å²) in [6.07, 6.45) is 0.899. The van der Waals surface area contributed by atoms with Crippen molar-refractivity contribution in [1.82, 2.24) is 25.6 Å². The number of carbonyl (C=O) groups excluding carboxylic acids is 3. The van der Waals surface area contributed by atoms with Crippen LogP contribution >= 0.6 is 11.3 Å². The summed E-state index contributed by atoms with van der Waals surface area (Å²) < 4.78 is 19.6. The smallest absolute Gasteiger partial charge is 0.407 e. The molecule has 2 aromatic heterocycles. The SMILES string of the molecule is CC(C)(C)OC(=O)N[C@H]1C[C@@H](NC(=O)OC(C)(C)C)[C@H](OCc2cnnn2CC(=O)c2ccc3ccsc3c2)C1. The summed E-state index contributed by atoms with van der Waals surface area (Å²) in [7, 11) is 0. The first-order chi connectivity index (χ1) is 18.8. The van der Waals surface area contributed by atoms with Gasteiger partial charge in [0.25, 0.3) is 0 Å². The van der Waals surface area contributed by atoms with Gasteiger partial charge in [-0.2, -0.15) is 0 Å². The second-order valence-electron chi connectivity index (χ2n) is 11.9. The van der Waals surface area contributed by atoms with E-state index in [1.54, 1.807) is 59.1 Å². The average Bonchev–Trinajstić information content (AvgIpc) is 3.54. The molecule has 0 unspecified atom stereocenters. The summed E-state index contributed by atoms with van der Waals surface area (Å²) in [6.45, 7) is 10.9. The third kappa shape index (κ3) is 8.25. The van der Waals surface area contributed by atoms with Crippen LogP contribution in [-0.2, 0) is 27.4 Å². The van der Waals surface area contributed by atoms with Gasteiger partial charge in [-0.15, -0.1) is 16.4 Å². The number of hydrogen-bond acceptors (Lipinski definition) is 9. The minimum absolute atomic E-state index is 0.0165. The van der Waals surface area contributed by atoms with E-state index in [0.717, 1.165) is 10.1 Å². The van der Waals surface area contributed by atoms with Gasteiger partial charge in [0.05, 0.1) is 30.6 Å². The van der Waals surface area contributed by atoms with E-state index in [0.29, 0.717) is 24.1 Å². The van der Waals surface area contributed by atoms with Gasteiger partial charge < -0.3 is 24.8 Å². The maximum absolute atomic E-state index is 13.0. The van der Waals surface area contributed by atoms with Gasteiger partial charge >= 0.3 is 12.2 Å². The molecule has 2 N–H and O–H groups in total. The molecule has 1 fully saturated rings. The van der Waals surface area contributed by atoms with Crippen molar-refractivity contribution in [2.24, 2.45) is 0 Å². The number of fused-ring (bicyclic) bond motifs is 1. The van der Waals surface area contributed by atoms with Crippen LogP contribution in [0.4, 0.5) is 9.59 Å². The van der Waals surface area contributed by atoms with Crippen LogP contribution in [0.1, 0.15) is 70.4 Å². The van der Waals surface area contributed by atoms with Gasteiger partial charge in [-0.3, -0.25) is 4.79 Å². The van der Waals surface area contributed by atoms with Crippen molar-refractivity contribution < 1.29 is 28.6 Å². The Hall–Kier alpha value is -3.51. The van der Waals surface area contributed by atoms with Gasteiger partial charge in [0.15, 0.2) is 5.78 Å². The van der Waals surface area contributed by atoms with Gasteiger partial charge in [0.1, 0.15) is 17.7 Å². The molecule has 0 aliphatic heterocycles. The van der Waals surface area contributed by atoms with Crippen molar-refractivity contribution in [2.75, 3.05) is 0 Å². The van der Waals surface area contributed by atoms with E-state index in [-0.39, 0.29) is 25.0 Å². The number of Topliss-reactive ketones (excluding diaryl/α,β-unsaturated/α-hetero) is 1. The highest BCUT2D eigenvalue weighted by Crippen LogP contribution is 2.26. The molecule has 4 rings (SSSR count). The normalized spacial score (nSPS) is 19.4. The highest BCUT2D eigenvalue weighted by Gasteiger charge is 2.38. The maximum atomic E-state index is 13.0. The molecule has 216 valence electrons. The van der Waals surface area contributed by atoms with Crippen LogP contribution < -0.4 is 10.6 Å². The standard InChI is InChI=1S/C28H37N5O6S/c1-27(2,3)38-25(35)30-19-12-21(31-26(36)39-28(4,5)6)23(13-19)37-16-20-14-29-32-33(20)15-22(34)18-8-7-17-9-10-40-24(17)11-18/h7-11,14,19,21,23H,12-13,15-16H2,1-6H3,(H,30,35)(H,31,36)/t19-,21+,23+/m0/s1. The molecule has 40 heavy (non-hydrogen) atoms. The van der Waals surface area contributed by atoms with Crippen molar-refractivity contribution in [3.8, 4) is 0 Å². The molecular formula is C28H37N5O6S. The lowest BCUT2D eigenvalue weighted by Gasteiger charge is -2.24. The summed E-state index contributed by atoms with van der Waals surface area (Å²) in [6, 6.07) is 6.95. The molecule has 11 nitrogen and oxygen atoms in total. The molecule has 12 heteroatoms. The maximum Gasteiger partial charge on any atom is 0.407 e. The molecule has 1 aliphatic carbocycles. The van der Waals surface area contributed by atoms with Gasteiger partial charge in [0.2, 0.25) is 0 Å². The predicted octanol–water partition coefficient (Wildman–Crippen LogP) is 4.84. The third-order valence-electron chi connectivity index (χ3n) is 6.14. The lowest BCUT2D eigenvalue weighted by molar-refractivity contribution is 0.0132. The van der Waals surface area contributed by atoms with Crippen molar-refractivity contribution in [1.29, 1.82) is 0 Å². The van der Waals surface area contributed by atoms with Crippen LogP contribution in [0.25, 0.3) is 10.1 Å². The number of thiophene rings is 1. The van der Waals surface area contributed by atoms with Crippen molar-refractivity contribution in [2.45, 2.75) is 96.9 Å². The Morgan fingerprint density at radius 1 is 1.00 bits per heavy atom. The number of hydrogen-bond donors (Lipinski definition) is 2. The minimum Gasteiger partial charge on any atom is -0.444 e. The summed E-state index contributed by atoms with van der Waals surface area (Å²) >= 11 is 1.59. The van der Waals surface area contributed by atoms with Crippen LogP contribution in [0.2, 0.25) is 0 Å². The minimum atomic E-state index is -0.661. The highest BCUT2D eigenvalue weighted by molar-refractivity contribution is 7.17. The predicted molar refractivity (Wildman–Crippen MR) is 150 cm³/mol. The van der Waals surface area contributed by atoms with Crippen LogP contribution in [0.5, 0.6) is 0 Å². The first kappa shape index (κ1) is 29.5. The molecule has 2 heterocycles. The molecule has 0 spiro atoms. The van der Waals surface area contributed by atoms with E-state index in [1.165, 1.54) is 4.68 Å². The largest absolute Gasteiger partial charge is 0.444 e. The van der Waals surface area contributed by atoms with E-state index < -0.39 is 35.5 Å². The Bertz CT molecular complexity index is 1350. The number of nitrogens with one attached hydrogen (secondary N) is 2. The van der Waals surface area contributed by atoms with Crippen molar-refractivity contribution in [3.63, 3.8) is 0 Å². The van der Waals surface area contributed by atoms with Gasteiger partial charge in [0, 0.05) is 16.3 Å². The van der Waals surface area contributed by atoms with E-state index in [2.05, 4.69) is 20.9 Å². The molecule has 2 amide bonds. The highest BCUT2D eigenvalue weighted by atomic mass is 32.1. The topological polar surface area (TPSA) is 134 Å². The van der Waals surface area contributed by atoms with Crippen LogP contribution in [0.15, 0.2) is 35.8 Å². The second-order valence-corrected chi connectivity index (χ2v) is 12.8. The molecule has 0 radical (unpaired) electrons. The number of nitrogens with zero attached hydrogens (tertiary/aromatic N) is 3. The van der Waals surface area contributed by atoms with Crippen molar-refractivity contribution in [3.05, 3.63) is 47.1 Å². The zero-order valence-electron chi connectivity index (χ0n) is 23.7. The lowest BCUT2D eigenvalue weighted by Crippen LogP contribution is -2.44. The number of ether oxygens (including phenoxy) is 3. The Morgan fingerprint density at radius 3 is 2.40 bits per heavy atom. The third-order valence-corrected chi connectivity index (χ3v) is 7.02. The number of aromatic nitrogens is 3. The fourth-order valence-electron chi connectivity index (χ4n) is 4.46. The van der Waals surface area contributed by atoms with Crippen LogP contribution in [0, 0.1) is 0 Å². The Kier molecular flexibility index (Phi) is 8.79. The zero-order chi connectivity index (χ0) is 29.1. The molecule has 0 saturated heterocycles. The molecule has 1 saturated carbocycles. The molecule has 0 bridgehead atoms. The molecule has 3 aromatic rings. The zero-order valence-corrected chi connectivity index (χ0v) is 24.5. The lowest BCUT2D eigenvalue weighted by atomic mass is 10.1. The molecule has 3 atom stereocenters. The van der Waals surface area contributed by atoms with E-state index in [4.69, 9.17) is 14.2 Å². The average molecular weight is 572 g/mol. The first-order valence-electron chi connectivity index (χ1n) is 13.2. The Morgan fingerprint density at radius 2 is 1.70 bits per heavy atom. The number of carbonyl (C=O) groups is 3. The summed E-state index contributed by atoms with van der Waals surface area (Å²) in [5, 5.41) is 16.9. The first-order valence-corrected chi connectivity index (χ1v) is 14.1. The monoisotopic (exact) mass is 571 g/mol. The number of ketones is 1.